The average Bonchev–Trinajstić information content (AvgIpc) is 2.74. The molecule has 1 unspecified atom stereocenters. The summed E-state index contributed by atoms with van der Waals surface area (Å²) in [5.41, 5.74) is 2.60. The number of carboxylic acid groups (broad SMARTS) is 1. The van der Waals surface area contributed by atoms with Crippen LogP contribution in [0.5, 0.6) is 5.75 Å². The molecule has 0 aliphatic rings. The van der Waals surface area contributed by atoms with Crippen LogP contribution in [0.4, 0.5) is 0 Å². The lowest BCUT2D eigenvalue weighted by molar-refractivity contribution is -0.153. The number of carbonyl (C=O) groups is 2. The minimum Gasteiger partial charge on any atom is -0.496 e. The second kappa shape index (κ2) is 11.9. The van der Waals surface area contributed by atoms with Crippen LogP contribution in [0.3, 0.4) is 0 Å². The second-order valence-electron chi connectivity index (χ2n) is 7.52. The van der Waals surface area contributed by atoms with Crippen molar-refractivity contribution in [3.8, 4) is 5.75 Å². The lowest BCUT2D eigenvalue weighted by Gasteiger charge is -2.18. The van der Waals surface area contributed by atoms with Crippen LogP contribution in [0, 0.1) is 0 Å². The predicted molar refractivity (Wildman–Crippen MR) is 126 cm³/mol. The van der Waals surface area contributed by atoms with Crippen LogP contribution < -0.4 is 10.1 Å². The Labute approximate surface area is 198 Å². The third kappa shape index (κ3) is 7.26. The van der Waals surface area contributed by atoms with Gasteiger partial charge in [-0.25, -0.2) is 4.79 Å². The Morgan fingerprint density at radius 2 is 1.91 bits per heavy atom. The Balaban J connectivity index is 2.14. The number of methoxy groups -OCH3 is 1. The molecule has 0 fully saturated rings. The molecular formula is C24H27Cl2NO5. The number of aliphatic carboxylic acids is 1. The lowest BCUT2D eigenvalue weighted by atomic mass is 10.0. The quantitative estimate of drug-likeness (QED) is 0.460. The molecule has 0 heterocycles. The molecule has 8 heteroatoms. The molecule has 0 radical (unpaired) electrons. The van der Waals surface area contributed by atoms with Gasteiger partial charge in [-0.3, -0.25) is 4.79 Å². The fourth-order valence-electron chi connectivity index (χ4n) is 3.08. The molecule has 2 aromatic carbocycles. The molecule has 2 N–H and O–H groups in total. The Morgan fingerprint density at radius 1 is 1.19 bits per heavy atom. The Kier molecular flexibility index (Phi) is 9.57. The van der Waals surface area contributed by atoms with Gasteiger partial charge in [-0.1, -0.05) is 47.5 Å². The summed E-state index contributed by atoms with van der Waals surface area (Å²) < 4.78 is 10.9. The van der Waals surface area contributed by atoms with E-state index in [2.05, 4.69) is 5.32 Å². The van der Waals surface area contributed by atoms with Crippen molar-refractivity contribution in [2.24, 2.45) is 0 Å². The van der Waals surface area contributed by atoms with Gasteiger partial charge in [-0.05, 0) is 50.1 Å². The van der Waals surface area contributed by atoms with E-state index in [1.807, 2.05) is 6.07 Å². The number of ether oxygens (including phenoxy) is 2. The predicted octanol–water partition coefficient (Wildman–Crippen LogP) is 5.14. The summed E-state index contributed by atoms with van der Waals surface area (Å²) >= 11 is 12.2. The van der Waals surface area contributed by atoms with Crippen LogP contribution >= 0.6 is 23.2 Å². The molecule has 2 rings (SSSR count). The number of rotatable bonds is 10. The van der Waals surface area contributed by atoms with Crippen molar-refractivity contribution < 1.29 is 24.2 Å². The number of hydrogen-bond acceptors (Lipinski definition) is 4. The Hall–Kier alpha value is -2.54. The van der Waals surface area contributed by atoms with Crippen molar-refractivity contribution in [1.29, 1.82) is 0 Å². The Morgan fingerprint density at radius 3 is 2.53 bits per heavy atom. The van der Waals surface area contributed by atoms with Crippen molar-refractivity contribution in [3.63, 3.8) is 0 Å². The largest absolute Gasteiger partial charge is 0.496 e. The first kappa shape index (κ1) is 25.7. The number of halogens is 2. The summed E-state index contributed by atoms with van der Waals surface area (Å²) in [5, 5.41) is 13.1. The topological polar surface area (TPSA) is 84.9 Å². The van der Waals surface area contributed by atoms with Gasteiger partial charge in [0.05, 0.1) is 23.3 Å². The van der Waals surface area contributed by atoms with E-state index in [9.17, 15) is 14.7 Å². The molecule has 6 nitrogen and oxygen atoms in total. The van der Waals surface area contributed by atoms with E-state index in [-0.39, 0.29) is 25.0 Å². The molecule has 1 atom stereocenters. The van der Waals surface area contributed by atoms with Gasteiger partial charge in [0.2, 0.25) is 5.91 Å². The van der Waals surface area contributed by atoms with Crippen LogP contribution in [0.1, 0.15) is 37.5 Å². The normalized spacial score (nSPS) is 12.5. The van der Waals surface area contributed by atoms with E-state index in [4.69, 9.17) is 32.7 Å². The standard InChI is InChI=1S/C24H27Cl2NO5/c1-14(2)32-21(24(29)30)12-16-8-9-20(31-4)18(11-16)13-27-23(28)15(3)10-17-6-5-7-19(25)22(17)26/h5-11,14,21H,12-13H2,1-4H3,(H,27,28)(H,29,30)/b15-10+. The summed E-state index contributed by atoms with van der Waals surface area (Å²) in [6.45, 7) is 5.46. The third-order valence-electron chi connectivity index (χ3n) is 4.63. The highest BCUT2D eigenvalue weighted by Crippen LogP contribution is 2.27. The van der Waals surface area contributed by atoms with Gasteiger partial charge < -0.3 is 19.9 Å². The Bertz CT molecular complexity index is 1000. The lowest BCUT2D eigenvalue weighted by Crippen LogP contribution is -2.29. The second-order valence-corrected chi connectivity index (χ2v) is 8.30. The van der Waals surface area contributed by atoms with E-state index in [0.717, 1.165) is 11.1 Å². The smallest absolute Gasteiger partial charge is 0.333 e. The van der Waals surface area contributed by atoms with Crippen molar-refractivity contribution in [3.05, 3.63) is 68.7 Å². The van der Waals surface area contributed by atoms with E-state index >= 15 is 0 Å². The number of nitrogens with one attached hydrogen (secondary N) is 1. The molecule has 0 saturated heterocycles. The van der Waals surface area contributed by atoms with Crippen molar-refractivity contribution in [2.45, 2.75) is 45.9 Å². The number of benzene rings is 2. The average molecular weight is 480 g/mol. The molecule has 1 amide bonds. The molecule has 172 valence electrons. The van der Waals surface area contributed by atoms with Gasteiger partial charge in [0.1, 0.15) is 5.75 Å². The van der Waals surface area contributed by atoms with Crippen LogP contribution in [-0.4, -0.2) is 36.3 Å². The first-order chi connectivity index (χ1) is 15.1. The van der Waals surface area contributed by atoms with E-state index in [1.54, 1.807) is 57.2 Å². The van der Waals surface area contributed by atoms with Gasteiger partial charge in [0.15, 0.2) is 6.10 Å². The minimum absolute atomic E-state index is 0.199. The summed E-state index contributed by atoms with van der Waals surface area (Å²) in [6, 6.07) is 10.6. The minimum atomic E-state index is -1.02. The molecule has 0 saturated carbocycles. The number of hydrogen-bond donors (Lipinski definition) is 2. The fourth-order valence-corrected chi connectivity index (χ4v) is 3.44. The molecule has 0 aliphatic heterocycles. The molecule has 0 spiro atoms. The van der Waals surface area contributed by atoms with E-state index in [0.29, 0.717) is 26.9 Å². The van der Waals surface area contributed by atoms with Gasteiger partial charge in [-0.15, -0.1) is 0 Å². The fraction of sp³-hybridized carbons (Fsp3) is 0.333. The maximum Gasteiger partial charge on any atom is 0.333 e. The van der Waals surface area contributed by atoms with Gasteiger partial charge in [0.25, 0.3) is 0 Å². The summed E-state index contributed by atoms with van der Waals surface area (Å²) in [4.78, 5) is 24.1. The van der Waals surface area contributed by atoms with E-state index < -0.39 is 12.1 Å². The summed E-state index contributed by atoms with van der Waals surface area (Å²) in [5.74, 6) is -0.713. The van der Waals surface area contributed by atoms with Crippen molar-refractivity contribution in [1.82, 2.24) is 5.32 Å². The van der Waals surface area contributed by atoms with Gasteiger partial charge >= 0.3 is 5.97 Å². The molecule has 32 heavy (non-hydrogen) atoms. The van der Waals surface area contributed by atoms with Crippen LogP contribution in [0.2, 0.25) is 10.0 Å². The summed E-state index contributed by atoms with van der Waals surface area (Å²) in [6.07, 6.45) is 0.692. The van der Waals surface area contributed by atoms with Gasteiger partial charge in [0, 0.05) is 24.1 Å². The van der Waals surface area contributed by atoms with Crippen molar-refractivity contribution >= 4 is 41.2 Å². The van der Waals surface area contributed by atoms with Crippen LogP contribution in [-0.2, 0) is 27.3 Å². The molecule has 0 aliphatic carbocycles. The maximum absolute atomic E-state index is 12.6. The van der Waals surface area contributed by atoms with E-state index in [1.165, 1.54) is 7.11 Å². The first-order valence-corrected chi connectivity index (χ1v) is 10.8. The van der Waals surface area contributed by atoms with Gasteiger partial charge in [-0.2, -0.15) is 0 Å². The van der Waals surface area contributed by atoms with Crippen molar-refractivity contribution in [2.75, 3.05) is 7.11 Å². The first-order valence-electron chi connectivity index (χ1n) is 10.1. The molecule has 0 bridgehead atoms. The number of carboxylic acids is 1. The third-order valence-corrected chi connectivity index (χ3v) is 5.46. The van der Waals surface area contributed by atoms with Crippen LogP contribution in [0.15, 0.2) is 42.0 Å². The molecule has 2 aromatic rings. The zero-order valence-electron chi connectivity index (χ0n) is 18.4. The number of carbonyl (C=O) groups excluding carboxylic acids is 1. The van der Waals surface area contributed by atoms with Crippen LogP contribution in [0.25, 0.3) is 6.08 Å². The zero-order valence-corrected chi connectivity index (χ0v) is 20.0. The summed E-state index contributed by atoms with van der Waals surface area (Å²) in [7, 11) is 1.54. The maximum atomic E-state index is 12.6. The highest BCUT2D eigenvalue weighted by molar-refractivity contribution is 6.42. The highest BCUT2D eigenvalue weighted by Gasteiger charge is 2.21. The SMILES string of the molecule is COc1ccc(CC(OC(C)C)C(=O)O)cc1CNC(=O)/C(C)=C/c1cccc(Cl)c1Cl. The molecule has 0 aromatic heterocycles. The zero-order chi connectivity index (χ0) is 23.8. The highest BCUT2D eigenvalue weighted by atomic mass is 35.5. The number of amides is 1. The monoisotopic (exact) mass is 479 g/mol. The molecular weight excluding hydrogens is 453 g/mol.